The van der Waals surface area contributed by atoms with Gasteiger partial charge < -0.3 is 4.42 Å². The Balaban J connectivity index is 1.65. The van der Waals surface area contributed by atoms with E-state index in [9.17, 15) is 9.18 Å². The number of halogens is 1. The Morgan fingerprint density at radius 2 is 2.04 bits per heavy atom. The van der Waals surface area contributed by atoms with Gasteiger partial charge in [-0.1, -0.05) is 12.1 Å². The van der Waals surface area contributed by atoms with Crippen LogP contribution >= 0.6 is 12.2 Å². The van der Waals surface area contributed by atoms with Crippen molar-refractivity contribution < 1.29 is 8.81 Å². The van der Waals surface area contributed by atoms with Gasteiger partial charge in [-0.15, -0.1) is 10.2 Å². The van der Waals surface area contributed by atoms with Gasteiger partial charge in [0.05, 0.1) is 11.9 Å². The number of aromatic amines is 1. The molecule has 0 spiro atoms. The second-order valence-corrected chi connectivity index (χ2v) is 6.19. The van der Waals surface area contributed by atoms with Gasteiger partial charge in [-0.3, -0.25) is 0 Å². The van der Waals surface area contributed by atoms with Gasteiger partial charge in [-0.2, -0.15) is 14.5 Å². The monoisotopic (exact) mass is 396 g/mol. The Morgan fingerprint density at radius 1 is 1.25 bits per heavy atom. The van der Waals surface area contributed by atoms with E-state index in [1.54, 1.807) is 43.3 Å². The van der Waals surface area contributed by atoms with Gasteiger partial charge >= 0.3 is 5.69 Å². The van der Waals surface area contributed by atoms with Gasteiger partial charge in [0, 0.05) is 5.56 Å². The number of aromatic nitrogens is 5. The molecule has 4 aromatic rings. The van der Waals surface area contributed by atoms with E-state index in [0.29, 0.717) is 28.5 Å². The summed E-state index contributed by atoms with van der Waals surface area (Å²) >= 11 is 4.86. The van der Waals surface area contributed by atoms with E-state index in [4.69, 9.17) is 16.6 Å². The normalized spacial score (nSPS) is 11.4. The highest BCUT2D eigenvalue weighted by Gasteiger charge is 2.12. The summed E-state index contributed by atoms with van der Waals surface area (Å²) in [4.78, 5) is 12.8. The third-order valence-electron chi connectivity index (χ3n) is 3.88. The van der Waals surface area contributed by atoms with Crippen LogP contribution in [0.4, 0.5) is 4.39 Å². The number of rotatable bonds is 4. The van der Waals surface area contributed by atoms with Crippen LogP contribution in [0.15, 0.2) is 62.8 Å². The molecule has 2 heterocycles. The van der Waals surface area contributed by atoms with Gasteiger partial charge in [0.25, 0.3) is 4.84 Å². The largest absolute Gasteiger partial charge is 0.409 e. The maximum atomic E-state index is 13.3. The van der Waals surface area contributed by atoms with E-state index in [1.807, 2.05) is 0 Å². The summed E-state index contributed by atoms with van der Waals surface area (Å²) in [6.45, 7) is 1.66. The Kier molecular flexibility index (Phi) is 4.53. The van der Waals surface area contributed by atoms with Gasteiger partial charge in [0.15, 0.2) is 5.82 Å². The predicted octanol–water partition coefficient (Wildman–Crippen LogP) is 3.08. The molecule has 0 bridgehead atoms. The molecule has 0 aliphatic carbocycles. The molecule has 4 rings (SSSR count). The minimum atomic E-state index is -0.449. The molecule has 28 heavy (non-hydrogen) atoms. The van der Waals surface area contributed by atoms with Crippen LogP contribution < -0.4 is 5.69 Å². The topological polar surface area (TPSA) is 94.0 Å². The quantitative estimate of drug-likeness (QED) is 0.423. The maximum Gasteiger partial charge on any atom is 0.371 e. The van der Waals surface area contributed by atoms with E-state index in [0.717, 1.165) is 4.68 Å². The first-order chi connectivity index (χ1) is 13.5. The van der Waals surface area contributed by atoms with Crippen LogP contribution in [0.25, 0.3) is 17.1 Å². The number of H-pyrrole nitrogens is 1. The lowest BCUT2D eigenvalue weighted by Crippen LogP contribution is -2.21. The standard InChI is InChI=1S/C18H13FN6O2S/c1-11-23-25(15-7-5-13(6-8-15)16-21-22-17(28)27-16)18(26)24(11)20-10-12-3-2-4-14(19)9-12/h2-10H,1H3,(H,22,28)/b20-10+. The second kappa shape index (κ2) is 7.16. The first kappa shape index (κ1) is 17.7. The molecule has 10 heteroatoms. The lowest BCUT2D eigenvalue weighted by atomic mass is 10.2. The van der Waals surface area contributed by atoms with Crippen molar-refractivity contribution in [2.24, 2.45) is 5.10 Å². The maximum absolute atomic E-state index is 13.3. The molecule has 0 amide bonds. The highest BCUT2D eigenvalue weighted by atomic mass is 32.1. The summed E-state index contributed by atoms with van der Waals surface area (Å²) in [5.74, 6) is 0.362. The zero-order chi connectivity index (χ0) is 19.7. The highest BCUT2D eigenvalue weighted by Crippen LogP contribution is 2.18. The molecule has 8 nitrogen and oxygen atoms in total. The fourth-order valence-electron chi connectivity index (χ4n) is 2.57. The molecule has 0 fully saturated rings. The van der Waals surface area contributed by atoms with Crippen molar-refractivity contribution in [3.63, 3.8) is 0 Å². The highest BCUT2D eigenvalue weighted by molar-refractivity contribution is 7.71. The molecule has 2 aromatic carbocycles. The lowest BCUT2D eigenvalue weighted by Gasteiger charge is -2.00. The van der Waals surface area contributed by atoms with Crippen LogP contribution in [-0.4, -0.2) is 30.9 Å². The van der Waals surface area contributed by atoms with Crippen LogP contribution in [0.3, 0.4) is 0 Å². The molecule has 140 valence electrons. The van der Waals surface area contributed by atoms with Crippen molar-refractivity contribution in [2.45, 2.75) is 6.92 Å². The third-order valence-corrected chi connectivity index (χ3v) is 4.06. The first-order valence-corrected chi connectivity index (χ1v) is 8.57. The summed E-state index contributed by atoms with van der Waals surface area (Å²) in [6, 6.07) is 12.8. The molecular weight excluding hydrogens is 383 g/mol. The molecule has 0 radical (unpaired) electrons. The molecular formula is C18H13FN6O2S. The molecule has 0 aliphatic rings. The minimum absolute atomic E-state index is 0.181. The van der Waals surface area contributed by atoms with Crippen LogP contribution in [0.2, 0.25) is 0 Å². The van der Waals surface area contributed by atoms with Gasteiger partial charge in [-0.25, -0.2) is 14.3 Å². The minimum Gasteiger partial charge on any atom is -0.409 e. The van der Waals surface area contributed by atoms with Crippen LogP contribution in [0.5, 0.6) is 0 Å². The number of aryl methyl sites for hydroxylation is 1. The summed E-state index contributed by atoms with van der Waals surface area (Å²) in [6.07, 6.45) is 1.40. The second-order valence-electron chi connectivity index (χ2n) is 5.82. The van der Waals surface area contributed by atoms with Crippen molar-refractivity contribution in [1.82, 2.24) is 24.7 Å². The molecule has 2 aromatic heterocycles. The van der Waals surface area contributed by atoms with Crippen molar-refractivity contribution >= 4 is 18.4 Å². The first-order valence-electron chi connectivity index (χ1n) is 8.16. The Hall–Kier alpha value is -3.66. The number of benzene rings is 2. The van der Waals surface area contributed by atoms with Crippen LogP contribution in [0.1, 0.15) is 11.4 Å². The van der Waals surface area contributed by atoms with Gasteiger partial charge in [0.1, 0.15) is 5.82 Å². The third kappa shape index (κ3) is 3.45. The number of nitrogens with zero attached hydrogens (tertiary/aromatic N) is 5. The fourth-order valence-corrected chi connectivity index (χ4v) is 2.69. The smallest absolute Gasteiger partial charge is 0.371 e. The summed E-state index contributed by atoms with van der Waals surface area (Å²) < 4.78 is 20.9. The average molecular weight is 396 g/mol. The summed E-state index contributed by atoms with van der Waals surface area (Å²) in [7, 11) is 0. The predicted molar refractivity (Wildman–Crippen MR) is 103 cm³/mol. The van der Waals surface area contributed by atoms with Crippen LogP contribution in [0, 0.1) is 17.6 Å². The average Bonchev–Trinajstić information content (AvgIpc) is 3.24. The van der Waals surface area contributed by atoms with Gasteiger partial charge in [-0.05, 0) is 61.1 Å². The van der Waals surface area contributed by atoms with Gasteiger partial charge in [0.2, 0.25) is 5.89 Å². The molecule has 0 saturated heterocycles. The molecule has 0 aliphatic heterocycles. The molecule has 0 unspecified atom stereocenters. The van der Waals surface area contributed by atoms with Crippen molar-refractivity contribution in [3.8, 4) is 17.1 Å². The number of hydrogen-bond donors (Lipinski definition) is 1. The zero-order valence-corrected chi connectivity index (χ0v) is 15.4. The molecule has 0 saturated carbocycles. The van der Waals surface area contributed by atoms with E-state index in [-0.39, 0.29) is 10.7 Å². The Labute approximate surface area is 162 Å². The molecule has 1 N–H and O–H groups in total. The van der Waals surface area contributed by atoms with E-state index in [1.165, 1.54) is 23.0 Å². The lowest BCUT2D eigenvalue weighted by molar-refractivity contribution is 0.552. The van der Waals surface area contributed by atoms with Crippen molar-refractivity contribution in [3.05, 3.63) is 81.1 Å². The number of nitrogens with one attached hydrogen (secondary N) is 1. The zero-order valence-electron chi connectivity index (χ0n) is 14.5. The Bertz CT molecular complexity index is 1280. The summed E-state index contributed by atoms with van der Waals surface area (Å²) in [5, 5.41) is 14.9. The van der Waals surface area contributed by atoms with Crippen LogP contribution in [-0.2, 0) is 0 Å². The van der Waals surface area contributed by atoms with E-state index < -0.39 is 5.69 Å². The van der Waals surface area contributed by atoms with E-state index in [2.05, 4.69) is 20.4 Å². The van der Waals surface area contributed by atoms with Crippen molar-refractivity contribution in [2.75, 3.05) is 0 Å². The van der Waals surface area contributed by atoms with E-state index >= 15 is 0 Å². The fraction of sp³-hybridized carbons (Fsp3) is 0.0556. The molecule has 0 atom stereocenters. The number of hydrogen-bond acceptors (Lipinski definition) is 6. The SMILES string of the molecule is Cc1nn(-c2ccc(-c3n[nH]c(=S)o3)cc2)c(=O)n1/N=C/c1cccc(F)c1. The van der Waals surface area contributed by atoms with Crippen molar-refractivity contribution in [1.29, 1.82) is 0 Å². The Morgan fingerprint density at radius 3 is 2.71 bits per heavy atom. The summed E-state index contributed by atoms with van der Waals surface area (Å²) in [5.41, 5.74) is 1.33.